The van der Waals surface area contributed by atoms with E-state index in [-0.39, 0.29) is 37.4 Å². The topological polar surface area (TPSA) is 75.5 Å². The molecule has 3 aliphatic rings. The van der Waals surface area contributed by atoms with Crippen LogP contribution in [0, 0.1) is 11.6 Å². The highest BCUT2D eigenvalue weighted by Gasteiger charge is 2.46. The van der Waals surface area contributed by atoms with Crippen LogP contribution in [0.3, 0.4) is 0 Å². The van der Waals surface area contributed by atoms with E-state index < -0.39 is 35.4 Å². The number of benzene rings is 3. The molecule has 10 nitrogen and oxygen atoms in total. The Labute approximate surface area is 316 Å². The van der Waals surface area contributed by atoms with Crippen LogP contribution in [0.1, 0.15) is 37.9 Å². The summed E-state index contributed by atoms with van der Waals surface area (Å²) in [5, 5.41) is 0. The van der Waals surface area contributed by atoms with Gasteiger partial charge < -0.3 is 33.5 Å². The maximum atomic E-state index is 15.0. The number of rotatable bonds is 11. The second-order valence-corrected chi connectivity index (χ2v) is 13.9. The first kappa shape index (κ1) is 38.1. The van der Waals surface area contributed by atoms with Gasteiger partial charge in [-0.3, -0.25) is 4.90 Å². The molecule has 55 heavy (non-hydrogen) atoms. The van der Waals surface area contributed by atoms with E-state index in [1.54, 1.807) is 4.90 Å². The Morgan fingerprint density at radius 1 is 0.927 bits per heavy atom. The molecule has 2 saturated heterocycles. The zero-order valence-corrected chi connectivity index (χ0v) is 30.6. The predicted octanol–water partition coefficient (Wildman–Crippen LogP) is 7.80. The third-order valence-electron chi connectivity index (χ3n) is 10.3. The average molecular weight is 767 g/mol. The summed E-state index contributed by atoms with van der Waals surface area (Å²) >= 11 is 0. The highest BCUT2D eigenvalue weighted by Crippen LogP contribution is 2.39. The average Bonchev–Trinajstić information content (AvgIpc) is 3.78. The largest absolute Gasteiger partial charge is 0.491 e. The number of hydrogen-bond donors (Lipinski definition) is 0. The van der Waals surface area contributed by atoms with Crippen LogP contribution in [0.25, 0.3) is 0 Å². The van der Waals surface area contributed by atoms with E-state index in [9.17, 15) is 22.4 Å². The van der Waals surface area contributed by atoms with Crippen molar-refractivity contribution in [2.75, 3.05) is 60.6 Å². The Morgan fingerprint density at radius 2 is 1.58 bits per heavy atom. The number of hydrogen-bond acceptors (Lipinski definition) is 7. The lowest BCUT2D eigenvalue weighted by Crippen LogP contribution is -2.46. The number of alkyl halides is 3. The van der Waals surface area contributed by atoms with Crippen molar-refractivity contribution in [2.24, 2.45) is 0 Å². The summed E-state index contributed by atoms with van der Waals surface area (Å²) in [5.41, 5.74) is 1.69. The molecular formula is C40H43F5N6O4. The Bertz CT molecular complexity index is 1970. The first-order valence-corrected chi connectivity index (χ1v) is 18.4. The lowest BCUT2D eigenvalue weighted by Gasteiger charge is -2.37. The standard InChI is InChI=1S/C40H43F5N6O4/c1-3-28(2)50-16-4-5-17-51(38(50)52)32-9-7-30(8-10-32)48-18-20-49(21-19-48)31-11-13-33(14-12-31)53-24-34-25-54-39(55-34,35-15-6-29(41)22-36(35)42)26-47-23-37(46-27-47)40(43,44)45/h5-15,17,22-23,27-28,34H,3-4,16,18-21,24-26H2,1-2H3. The highest BCUT2D eigenvalue weighted by molar-refractivity contribution is 5.94. The van der Waals surface area contributed by atoms with Gasteiger partial charge in [-0.05, 0) is 80.4 Å². The quantitative estimate of drug-likeness (QED) is 0.144. The van der Waals surface area contributed by atoms with Crippen molar-refractivity contribution in [3.05, 3.63) is 114 Å². The lowest BCUT2D eigenvalue weighted by atomic mass is 10.0. The molecule has 0 aliphatic carbocycles. The van der Waals surface area contributed by atoms with E-state index in [1.807, 2.05) is 53.6 Å². The number of piperazine rings is 1. The van der Waals surface area contributed by atoms with Crippen molar-refractivity contribution in [1.29, 1.82) is 0 Å². The number of carbonyl (C=O) groups is 1. The normalized spacial score (nSPS) is 21.3. The number of imidazole rings is 1. The number of anilines is 3. The second-order valence-electron chi connectivity index (χ2n) is 13.9. The van der Waals surface area contributed by atoms with E-state index >= 15 is 4.39 Å². The van der Waals surface area contributed by atoms with Gasteiger partial charge in [-0.1, -0.05) is 13.0 Å². The van der Waals surface area contributed by atoms with Crippen molar-refractivity contribution >= 4 is 23.1 Å². The molecule has 15 heteroatoms. The molecule has 4 aromatic rings. The molecule has 3 atom stereocenters. The monoisotopic (exact) mass is 766 g/mol. The minimum atomic E-state index is -4.67. The van der Waals surface area contributed by atoms with Crippen LogP contribution in [0.15, 0.2) is 91.5 Å². The number of amides is 2. The van der Waals surface area contributed by atoms with Gasteiger partial charge in [-0.25, -0.2) is 18.6 Å². The van der Waals surface area contributed by atoms with Gasteiger partial charge in [-0.15, -0.1) is 0 Å². The fourth-order valence-corrected chi connectivity index (χ4v) is 7.09. The van der Waals surface area contributed by atoms with Crippen LogP contribution < -0.4 is 19.4 Å². The van der Waals surface area contributed by atoms with Gasteiger partial charge >= 0.3 is 12.2 Å². The van der Waals surface area contributed by atoms with Gasteiger partial charge in [0.1, 0.15) is 30.1 Å². The lowest BCUT2D eigenvalue weighted by molar-refractivity contribution is -0.191. The van der Waals surface area contributed by atoms with Gasteiger partial charge in [-0.2, -0.15) is 13.2 Å². The van der Waals surface area contributed by atoms with Crippen LogP contribution >= 0.6 is 0 Å². The zero-order valence-electron chi connectivity index (χ0n) is 30.6. The van der Waals surface area contributed by atoms with Crippen molar-refractivity contribution < 1.29 is 41.0 Å². The number of nitrogens with zero attached hydrogens (tertiary/aromatic N) is 6. The molecule has 2 amide bonds. The number of ether oxygens (including phenoxy) is 3. The molecule has 0 saturated carbocycles. The number of halogens is 5. The molecule has 0 N–H and O–H groups in total. The number of aromatic nitrogens is 2. The van der Waals surface area contributed by atoms with Gasteiger partial charge in [0.15, 0.2) is 5.69 Å². The molecule has 292 valence electrons. The summed E-state index contributed by atoms with van der Waals surface area (Å²) in [7, 11) is 0. The predicted molar refractivity (Wildman–Crippen MR) is 197 cm³/mol. The second kappa shape index (κ2) is 15.9. The minimum Gasteiger partial charge on any atom is -0.491 e. The summed E-state index contributed by atoms with van der Waals surface area (Å²) in [6.07, 6.45) is 2.00. The third-order valence-corrected chi connectivity index (χ3v) is 10.3. The van der Waals surface area contributed by atoms with Gasteiger partial charge in [0.25, 0.3) is 0 Å². The first-order chi connectivity index (χ1) is 26.4. The van der Waals surface area contributed by atoms with Gasteiger partial charge in [0.05, 0.1) is 25.2 Å². The van der Waals surface area contributed by atoms with E-state index in [1.165, 1.54) is 0 Å². The van der Waals surface area contributed by atoms with Crippen molar-refractivity contribution in [1.82, 2.24) is 14.5 Å². The molecule has 3 aliphatic heterocycles. The third kappa shape index (κ3) is 8.42. The smallest absolute Gasteiger partial charge is 0.434 e. The Hall–Kier alpha value is -5.15. The van der Waals surface area contributed by atoms with Crippen LogP contribution in [-0.2, 0) is 28.0 Å². The first-order valence-electron chi connectivity index (χ1n) is 18.4. The van der Waals surface area contributed by atoms with E-state index in [0.29, 0.717) is 18.4 Å². The van der Waals surface area contributed by atoms with Crippen molar-refractivity contribution in [2.45, 2.75) is 57.3 Å². The molecule has 1 aromatic heterocycles. The molecule has 4 heterocycles. The Balaban J connectivity index is 0.931. The van der Waals surface area contributed by atoms with E-state index in [0.717, 1.165) is 85.3 Å². The van der Waals surface area contributed by atoms with Gasteiger partial charge in [0, 0.05) is 74.2 Å². The molecular weight excluding hydrogens is 723 g/mol. The number of carbonyl (C=O) groups excluding carboxylic acids is 1. The van der Waals surface area contributed by atoms with Crippen LogP contribution in [0.4, 0.5) is 43.8 Å². The van der Waals surface area contributed by atoms with Gasteiger partial charge in [0.2, 0.25) is 5.79 Å². The van der Waals surface area contributed by atoms with Crippen LogP contribution in [-0.4, -0.2) is 78.6 Å². The van der Waals surface area contributed by atoms with Crippen LogP contribution in [0.5, 0.6) is 5.75 Å². The molecule has 3 aromatic carbocycles. The van der Waals surface area contributed by atoms with Crippen LogP contribution in [0.2, 0.25) is 0 Å². The fraction of sp³-hybridized carbons (Fsp3) is 0.400. The molecule has 0 spiro atoms. The fourth-order valence-electron chi connectivity index (χ4n) is 7.09. The molecule has 7 rings (SSSR count). The Morgan fingerprint density at radius 3 is 2.20 bits per heavy atom. The van der Waals surface area contributed by atoms with E-state index in [4.69, 9.17) is 14.2 Å². The maximum Gasteiger partial charge on any atom is 0.434 e. The van der Waals surface area contributed by atoms with Crippen molar-refractivity contribution in [3.63, 3.8) is 0 Å². The molecule has 2 fully saturated rings. The zero-order chi connectivity index (χ0) is 38.7. The summed E-state index contributed by atoms with van der Waals surface area (Å²) in [5.74, 6) is -3.06. The molecule has 0 bridgehead atoms. The Kier molecular flexibility index (Phi) is 11.0. The summed E-state index contributed by atoms with van der Waals surface area (Å²) in [6, 6.07) is 18.8. The molecule has 0 radical (unpaired) electrons. The summed E-state index contributed by atoms with van der Waals surface area (Å²) in [4.78, 5) is 25.0. The van der Waals surface area contributed by atoms with E-state index in [2.05, 4.69) is 40.8 Å². The summed E-state index contributed by atoms with van der Waals surface area (Å²) < 4.78 is 87.6. The number of urea groups is 1. The maximum absolute atomic E-state index is 15.0. The summed E-state index contributed by atoms with van der Waals surface area (Å²) in [6.45, 7) is 7.72. The minimum absolute atomic E-state index is 0.00224. The highest BCUT2D eigenvalue weighted by atomic mass is 19.4. The SMILES string of the molecule is CCC(C)N1CCC=CN(c2ccc(N3CCN(c4ccc(OCC5COC(Cn6cnc(C(F)(F)F)c6)(c6ccc(F)cc6F)O5)cc4)CC3)cc2)C1=O. The molecule has 3 unspecified atom stereocenters. The van der Waals surface area contributed by atoms with Crippen molar-refractivity contribution in [3.8, 4) is 5.75 Å².